The van der Waals surface area contributed by atoms with Gasteiger partial charge in [-0.1, -0.05) is 71.7 Å². The van der Waals surface area contributed by atoms with Gasteiger partial charge in [0.05, 0.1) is 15.7 Å². The largest absolute Gasteiger partial charge is 0.481 e. The second kappa shape index (κ2) is 10.8. The van der Waals surface area contributed by atoms with E-state index in [-0.39, 0.29) is 46.8 Å². The van der Waals surface area contributed by atoms with Crippen molar-refractivity contribution < 1.29 is 24.2 Å². The van der Waals surface area contributed by atoms with Crippen LogP contribution in [0.1, 0.15) is 40.2 Å². The van der Waals surface area contributed by atoms with Gasteiger partial charge in [-0.15, -0.1) is 0 Å². The van der Waals surface area contributed by atoms with Gasteiger partial charge in [0, 0.05) is 24.4 Å². The molecule has 4 rings (SSSR count). The SMILES string of the molecule is O=C(O)CCCNC(=O)c1cc(Cl)c(NC(=O)OCC2c3ccccc3-c3ccccc32)c(Cl)c1. The zero-order valence-corrected chi connectivity index (χ0v) is 20.0. The van der Waals surface area contributed by atoms with Crippen LogP contribution in [0.5, 0.6) is 0 Å². The van der Waals surface area contributed by atoms with Crippen LogP contribution in [0.2, 0.25) is 10.0 Å². The van der Waals surface area contributed by atoms with Gasteiger partial charge in [0.15, 0.2) is 0 Å². The molecule has 0 aromatic heterocycles. The van der Waals surface area contributed by atoms with E-state index in [9.17, 15) is 14.4 Å². The van der Waals surface area contributed by atoms with Crippen molar-refractivity contribution in [1.82, 2.24) is 5.32 Å². The molecule has 35 heavy (non-hydrogen) atoms. The predicted molar refractivity (Wildman–Crippen MR) is 134 cm³/mol. The van der Waals surface area contributed by atoms with E-state index >= 15 is 0 Å². The third kappa shape index (κ3) is 5.58. The van der Waals surface area contributed by atoms with Gasteiger partial charge in [-0.2, -0.15) is 0 Å². The Bertz CT molecular complexity index is 1230. The van der Waals surface area contributed by atoms with Crippen molar-refractivity contribution in [3.63, 3.8) is 0 Å². The standard InChI is InChI=1S/C26H22Cl2N2O5/c27-21-12-15(25(33)29-11-5-10-23(31)32)13-22(28)24(21)30-26(34)35-14-20-18-8-3-1-6-16(18)17-7-2-4-9-19(17)20/h1-4,6-9,12-13,20H,5,10-11,14H2,(H,29,33)(H,30,34)(H,31,32). The number of fused-ring (bicyclic) bond motifs is 3. The third-order valence-electron chi connectivity index (χ3n) is 5.73. The van der Waals surface area contributed by atoms with E-state index in [4.69, 9.17) is 33.0 Å². The molecular weight excluding hydrogens is 491 g/mol. The first-order valence-corrected chi connectivity index (χ1v) is 11.7. The van der Waals surface area contributed by atoms with Gasteiger partial charge < -0.3 is 15.2 Å². The van der Waals surface area contributed by atoms with Crippen molar-refractivity contribution in [2.45, 2.75) is 18.8 Å². The highest BCUT2D eigenvalue weighted by Crippen LogP contribution is 2.44. The molecule has 0 unspecified atom stereocenters. The molecule has 0 aliphatic heterocycles. The number of rotatable bonds is 8. The average Bonchev–Trinajstić information content (AvgIpc) is 3.16. The second-order valence-electron chi connectivity index (χ2n) is 8.02. The fourth-order valence-electron chi connectivity index (χ4n) is 4.10. The summed E-state index contributed by atoms with van der Waals surface area (Å²) in [7, 11) is 0. The summed E-state index contributed by atoms with van der Waals surface area (Å²) >= 11 is 12.5. The van der Waals surface area contributed by atoms with Crippen molar-refractivity contribution in [2.75, 3.05) is 18.5 Å². The number of benzene rings is 3. The molecule has 1 aliphatic carbocycles. The monoisotopic (exact) mass is 512 g/mol. The minimum absolute atomic E-state index is 0.0508. The van der Waals surface area contributed by atoms with Crippen LogP contribution in [0.3, 0.4) is 0 Å². The van der Waals surface area contributed by atoms with Gasteiger partial charge in [0.25, 0.3) is 5.91 Å². The molecule has 0 spiro atoms. The smallest absolute Gasteiger partial charge is 0.411 e. The lowest BCUT2D eigenvalue weighted by Crippen LogP contribution is -2.25. The number of anilines is 1. The van der Waals surface area contributed by atoms with E-state index in [1.807, 2.05) is 36.4 Å². The number of halogens is 2. The van der Waals surface area contributed by atoms with Crippen molar-refractivity contribution in [3.05, 3.63) is 87.4 Å². The number of ether oxygens (including phenoxy) is 1. The lowest BCUT2D eigenvalue weighted by atomic mass is 9.98. The molecule has 0 atom stereocenters. The Morgan fingerprint density at radius 3 is 2.06 bits per heavy atom. The van der Waals surface area contributed by atoms with Gasteiger partial charge >= 0.3 is 12.1 Å². The molecule has 3 aromatic rings. The Balaban J connectivity index is 1.39. The zero-order valence-electron chi connectivity index (χ0n) is 18.5. The quantitative estimate of drug-likeness (QED) is 0.323. The number of carbonyl (C=O) groups excluding carboxylic acids is 2. The normalized spacial score (nSPS) is 11.9. The van der Waals surface area contributed by atoms with Gasteiger partial charge in [0.2, 0.25) is 0 Å². The number of hydrogen-bond acceptors (Lipinski definition) is 4. The van der Waals surface area contributed by atoms with Crippen LogP contribution < -0.4 is 10.6 Å². The molecule has 0 saturated heterocycles. The molecule has 1 aliphatic rings. The van der Waals surface area contributed by atoms with Crippen molar-refractivity contribution >= 4 is 46.9 Å². The minimum atomic E-state index is -0.936. The summed E-state index contributed by atoms with van der Waals surface area (Å²) in [5.74, 6) is -1.48. The molecule has 9 heteroatoms. The Morgan fingerprint density at radius 2 is 1.49 bits per heavy atom. The maximum atomic E-state index is 12.6. The first kappa shape index (κ1) is 24.6. The number of hydrogen-bond donors (Lipinski definition) is 3. The van der Waals surface area contributed by atoms with Gasteiger partial charge in [-0.3, -0.25) is 14.9 Å². The lowest BCUT2D eigenvalue weighted by molar-refractivity contribution is -0.137. The van der Waals surface area contributed by atoms with Crippen molar-refractivity contribution in [2.24, 2.45) is 0 Å². The maximum Gasteiger partial charge on any atom is 0.411 e. The van der Waals surface area contributed by atoms with Crippen LogP contribution in [0.25, 0.3) is 11.1 Å². The molecular formula is C26H22Cl2N2O5. The maximum absolute atomic E-state index is 12.6. The van der Waals surface area contributed by atoms with Gasteiger partial charge in [-0.05, 0) is 40.8 Å². The van der Waals surface area contributed by atoms with E-state index in [0.29, 0.717) is 6.42 Å². The fourth-order valence-corrected chi connectivity index (χ4v) is 4.69. The number of carbonyl (C=O) groups is 3. The molecule has 0 bridgehead atoms. The highest BCUT2D eigenvalue weighted by atomic mass is 35.5. The Kier molecular flexibility index (Phi) is 7.58. The summed E-state index contributed by atoms with van der Waals surface area (Å²) in [5, 5.41) is 14.0. The summed E-state index contributed by atoms with van der Waals surface area (Å²) in [5.41, 5.74) is 4.76. The van der Waals surface area contributed by atoms with E-state index in [2.05, 4.69) is 22.8 Å². The first-order chi connectivity index (χ1) is 16.8. The minimum Gasteiger partial charge on any atom is -0.481 e. The van der Waals surface area contributed by atoms with Crippen LogP contribution in [0.15, 0.2) is 60.7 Å². The summed E-state index contributed by atoms with van der Waals surface area (Å²) in [6.07, 6.45) is -0.476. The van der Waals surface area contributed by atoms with Crippen LogP contribution in [-0.4, -0.2) is 36.2 Å². The van der Waals surface area contributed by atoms with Crippen LogP contribution in [0.4, 0.5) is 10.5 Å². The molecule has 0 saturated carbocycles. The van der Waals surface area contributed by atoms with Gasteiger partial charge in [-0.25, -0.2) is 4.79 Å². The Labute approximate surface area is 212 Å². The van der Waals surface area contributed by atoms with E-state index in [1.54, 1.807) is 0 Å². The van der Waals surface area contributed by atoms with Crippen LogP contribution >= 0.6 is 23.2 Å². The number of amides is 2. The number of carboxylic acids is 1. The molecule has 3 aromatic carbocycles. The highest BCUT2D eigenvalue weighted by Gasteiger charge is 2.29. The van der Waals surface area contributed by atoms with Gasteiger partial charge in [0.1, 0.15) is 6.61 Å². The topological polar surface area (TPSA) is 105 Å². The van der Waals surface area contributed by atoms with E-state index < -0.39 is 18.0 Å². The predicted octanol–water partition coefficient (Wildman–Crippen LogP) is 5.95. The van der Waals surface area contributed by atoms with Crippen LogP contribution in [0, 0.1) is 0 Å². The average molecular weight is 513 g/mol. The molecule has 0 radical (unpaired) electrons. The zero-order chi connectivity index (χ0) is 24.9. The van der Waals surface area contributed by atoms with Crippen LogP contribution in [-0.2, 0) is 9.53 Å². The third-order valence-corrected chi connectivity index (χ3v) is 6.32. The molecule has 0 fully saturated rings. The van der Waals surface area contributed by atoms with E-state index in [1.165, 1.54) is 12.1 Å². The summed E-state index contributed by atoms with van der Waals surface area (Å²) < 4.78 is 5.52. The Hall–Kier alpha value is -3.55. The molecule has 180 valence electrons. The Morgan fingerprint density at radius 1 is 0.914 bits per heavy atom. The number of aliphatic carboxylic acids is 1. The number of nitrogens with one attached hydrogen (secondary N) is 2. The molecule has 2 amide bonds. The van der Waals surface area contributed by atoms with E-state index in [0.717, 1.165) is 22.3 Å². The molecule has 0 heterocycles. The summed E-state index contributed by atoms with van der Waals surface area (Å²) in [6, 6.07) is 18.8. The molecule has 3 N–H and O–H groups in total. The summed E-state index contributed by atoms with van der Waals surface area (Å²) in [6.45, 7) is 0.325. The first-order valence-electron chi connectivity index (χ1n) is 11.0. The highest BCUT2D eigenvalue weighted by molar-refractivity contribution is 6.40. The van der Waals surface area contributed by atoms with Crippen molar-refractivity contribution in [3.8, 4) is 11.1 Å². The number of carboxylic acid groups (broad SMARTS) is 1. The second-order valence-corrected chi connectivity index (χ2v) is 8.83. The summed E-state index contributed by atoms with van der Waals surface area (Å²) in [4.78, 5) is 35.4. The molecule has 7 nitrogen and oxygen atoms in total. The lowest BCUT2D eigenvalue weighted by Gasteiger charge is -2.16. The fraction of sp³-hybridized carbons (Fsp3) is 0.192. The van der Waals surface area contributed by atoms with Crippen molar-refractivity contribution in [1.29, 1.82) is 0 Å².